The zero-order valence-corrected chi connectivity index (χ0v) is 18.2. The molecule has 0 bridgehead atoms. The van der Waals surface area contributed by atoms with Gasteiger partial charge in [-0.05, 0) is 49.4 Å². The van der Waals surface area contributed by atoms with Crippen molar-refractivity contribution in [1.82, 2.24) is 9.21 Å². The standard InChI is InChI=1S/C23H29N3O3S/c1-24(18-19-10-5-6-13-21(19)25-15-7-8-16-25)23(27)22-14-9-17-26(22)30(28,29)20-11-3-2-4-12-20/h2-6,10-13,22H,7-9,14-18H2,1H3. The Labute approximate surface area is 179 Å². The molecule has 2 saturated heterocycles. The molecule has 2 heterocycles. The zero-order chi connectivity index (χ0) is 21.1. The van der Waals surface area contributed by atoms with Crippen LogP contribution in [-0.4, -0.2) is 56.3 Å². The Balaban J connectivity index is 1.52. The molecule has 6 nitrogen and oxygen atoms in total. The van der Waals surface area contributed by atoms with Crippen molar-refractivity contribution in [2.75, 3.05) is 31.6 Å². The van der Waals surface area contributed by atoms with Crippen LogP contribution in [-0.2, 0) is 21.4 Å². The lowest BCUT2D eigenvalue weighted by Crippen LogP contribution is -2.46. The predicted octanol–water partition coefficient (Wildman–Crippen LogP) is 3.10. The Kier molecular flexibility index (Phi) is 6.11. The first-order valence-corrected chi connectivity index (χ1v) is 12.1. The third-order valence-electron chi connectivity index (χ3n) is 6.06. The predicted molar refractivity (Wildman–Crippen MR) is 118 cm³/mol. The van der Waals surface area contributed by atoms with Crippen LogP contribution in [0.4, 0.5) is 5.69 Å². The van der Waals surface area contributed by atoms with Crippen LogP contribution in [0.15, 0.2) is 59.5 Å². The number of anilines is 1. The highest BCUT2D eigenvalue weighted by Gasteiger charge is 2.40. The summed E-state index contributed by atoms with van der Waals surface area (Å²) in [4.78, 5) is 17.6. The second-order valence-corrected chi connectivity index (χ2v) is 9.99. The monoisotopic (exact) mass is 427 g/mol. The highest BCUT2D eigenvalue weighted by atomic mass is 32.2. The third kappa shape index (κ3) is 4.09. The van der Waals surface area contributed by atoms with E-state index >= 15 is 0 Å². The number of hydrogen-bond donors (Lipinski definition) is 0. The molecule has 1 atom stereocenters. The van der Waals surface area contributed by atoms with Crippen molar-refractivity contribution >= 4 is 21.6 Å². The van der Waals surface area contributed by atoms with E-state index in [-0.39, 0.29) is 10.8 Å². The summed E-state index contributed by atoms with van der Waals surface area (Å²) in [6, 6.07) is 15.9. The summed E-state index contributed by atoms with van der Waals surface area (Å²) in [7, 11) is -1.91. The van der Waals surface area contributed by atoms with Gasteiger partial charge in [-0.2, -0.15) is 4.31 Å². The largest absolute Gasteiger partial charge is 0.371 e. The molecule has 2 aliphatic heterocycles. The van der Waals surface area contributed by atoms with Gasteiger partial charge < -0.3 is 9.80 Å². The van der Waals surface area contributed by atoms with E-state index in [1.807, 2.05) is 12.1 Å². The summed E-state index contributed by atoms with van der Waals surface area (Å²) in [5.74, 6) is -0.136. The number of carbonyl (C=O) groups excluding carboxylic acids is 1. The van der Waals surface area contributed by atoms with Crippen LogP contribution in [0.2, 0.25) is 0 Å². The van der Waals surface area contributed by atoms with E-state index < -0.39 is 16.1 Å². The highest BCUT2D eigenvalue weighted by molar-refractivity contribution is 7.89. The summed E-state index contributed by atoms with van der Waals surface area (Å²) in [6.07, 6.45) is 3.64. The number of para-hydroxylation sites is 1. The third-order valence-corrected chi connectivity index (χ3v) is 7.98. The van der Waals surface area contributed by atoms with E-state index in [4.69, 9.17) is 0 Å². The molecule has 2 aromatic carbocycles. The molecule has 2 aliphatic rings. The van der Waals surface area contributed by atoms with Crippen LogP contribution in [0, 0.1) is 0 Å². The van der Waals surface area contributed by atoms with Crippen molar-refractivity contribution in [3.05, 3.63) is 60.2 Å². The second-order valence-electron chi connectivity index (χ2n) is 8.10. The lowest BCUT2D eigenvalue weighted by molar-refractivity contribution is -0.133. The Bertz CT molecular complexity index is 988. The number of nitrogens with zero attached hydrogens (tertiary/aromatic N) is 3. The molecule has 1 amide bonds. The maximum absolute atomic E-state index is 13.3. The van der Waals surface area contributed by atoms with E-state index in [1.54, 1.807) is 42.3 Å². The lowest BCUT2D eigenvalue weighted by Gasteiger charge is -2.29. The van der Waals surface area contributed by atoms with Gasteiger partial charge in [-0.3, -0.25) is 4.79 Å². The number of hydrogen-bond acceptors (Lipinski definition) is 4. The normalized spacial score (nSPS) is 19.9. The Morgan fingerprint density at radius 3 is 2.37 bits per heavy atom. The smallest absolute Gasteiger partial charge is 0.243 e. The van der Waals surface area contributed by atoms with Crippen LogP contribution in [0.1, 0.15) is 31.2 Å². The number of likely N-dealkylation sites (N-methyl/N-ethyl adjacent to an activating group) is 1. The van der Waals surface area contributed by atoms with Crippen LogP contribution < -0.4 is 4.90 Å². The fourth-order valence-electron chi connectivity index (χ4n) is 4.50. The fourth-order valence-corrected chi connectivity index (χ4v) is 6.17. The number of carbonyl (C=O) groups is 1. The number of benzene rings is 2. The number of rotatable bonds is 6. The second kappa shape index (κ2) is 8.78. The van der Waals surface area contributed by atoms with E-state index in [9.17, 15) is 13.2 Å². The van der Waals surface area contributed by atoms with Crippen LogP contribution in [0.5, 0.6) is 0 Å². The molecule has 7 heteroatoms. The van der Waals surface area contributed by atoms with Gasteiger partial charge in [0.15, 0.2) is 0 Å². The van der Waals surface area contributed by atoms with Gasteiger partial charge in [-0.25, -0.2) is 8.42 Å². The first-order valence-electron chi connectivity index (χ1n) is 10.6. The van der Waals surface area contributed by atoms with Crippen molar-refractivity contribution in [3.63, 3.8) is 0 Å². The average Bonchev–Trinajstić information content (AvgIpc) is 3.47. The van der Waals surface area contributed by atoms with E-state index in [0.29, 0.717) is 25.9 Å². The SMILES string of the molecule is CN(Cc1ccccc1N1CCCC1)C(=O)C1CCCN1S(=O)(=O)c1ccccc1. The molecule has 30 heavy (non-hydrogen) atoms. The van der Waals surface area contributed by atoms with Gasteiger partial charge in [-0.1, -0.05) is 36.4 Å². The van der Waals surface area contributed by atoms with Gasteiger partial charge in [0, 0.05) is 38.9 Å². The van der Waals surface area contributed by atoms with Crippen molar-refractivity contribution in [2.24, 2.45) is 0 Å². The van der Waals surface area contributed by atoms with E-state index in [1.165, 1.54) is 22.8 Å². The molecule has 0 N–H and O–H groups in total. The highest BCUT2D eigenvalue weighted by Crippen LogP contribution is 2.29. The molecule has 1 unspecified atom stereocenters. The minimum Gasteiger partial charge on any atom is -0.371 e. The summed E-state index contributed by atoms with van der Waals surface area (Å²) < 4.78 is 27.6. The molecular weight excluding hydrogens is 398 g/mol. The quantitative estimate of drug-likeness (QED) is 0.711. The molecule has 2 aromatic rings. The summed E-state index contributed by atoms with van der Waals surface area (Å²) in [5, 5.41) is 0. The topological polar surface area (TPSA) is 60.9 Å². The van der Waals surface area contributed by atoms with Crippen molar-refractivity contribution in [2.45, 2.75) is 43.2 Å². The number of amides is 1. The Morgan fingerprint density at radius 2 is 1.63 bits per heavy atom. The molecule has 0 radical (unpaired) electrons. The minimum absolute atomic E-state index is 0.136. The molecule has 0 aromatic heterocycles. The average molecular weight is 428 g/mol. The number of sulfonamides is 1. The lowest BCUT2D eigenvalue weighted by atomic mass is 10.1. The first-order chi connectivity index (χ1) is 14.5. The molecule has 0 saturated carbocycles. The van der Waals surface area contributed by atoms with Crippen molar-refractivity contribution in [1.29, 1.82) is 0 Å². The summed E-state index contributed by atoms with van der Waals surface area (Å²) in [5.41, 5.74) is 2.28. The van der Waals surface area contributed by atoms with Gasteiger partial charge in [0.25, 0.3) is 0 Å². The molecule has 0 aliphatic carbocycles. The van der Waals surface area contributed by atoms with Gasteiger partial charge in [0.05, 0.1) is 4.90 Å². The molecular formula is C23H29N3O3S. The Morgan fingerprint density at radius 1 is 0.967 bits per heavy atom. The summed E-state index contributed by atoms with van der Waals surface area (Å²) >= 11 is 0. The molecule has 2 fully saturated rings. The van der Waals surface area contributed by atoms with Crippen LogP contribution >= 0.6 is 0 Å². The van der Waals surface area contributed by atoms with E-state index in [0.717, 1.165) is 18.7 Å². The molecule has 4 rings (SSSR count). The van der Waals surface area contributed by atoms with Crippen LogP contribution in [0.3, 0.4) is 0 Å². The summed E-state index contributed by atoms with van der Waals surface area (Å²) in [6.45, 7) is 2.94. The van der Waals surface area contributed by atoms with Crippen molar-refractivity contribution in [3.8, 4) is 0 Å². The minimum atomic E-state index is -3.68. The maximum Gasteiger partial charge on any atom is 0.243 e. The zero-order valence-electron chi connectivity index (χ0n) is 17.4. The van der Waals surface area contributed by atoms with Crippen LogP contribution in [0.25, 0.3) is 0 Å². The maximum atomic E-state index is 13.3. The van der Waals surface area contributed by atoms with E-state index in [2.05, 4.69) is 17.0 Å². The van der Waals surface area contributed by atoms with Gasteiger partial charge in [0.2, 0.25) is 15.9 Å². The first kappa shape index (κ1) is 20.9. The fraction of sp³-hybridized carbons (Fsp3) is 0.435. The Hall–Kier alpha value is -2.38. The van der Waals surface area contributed by atoms with Gasteiger partial charge >= 0.3 is 0 Å². The van der Waals surface area contributed by atoms with Gasteiger partial charge in [0.1, 0.15) is 6.04 Å². The molecule has 160 valence electrons. The molecule has 0 spiro atoms. The van der Waals surface area contributed by atoms with Crippen molar-refractivity contribution < 1.29 is 13.2 Å². The van der Waals surface area contributed by atoms with Gasteiger partial charge in [-0.15, -0.1) is 0 Å².